The first-order valence-electron chi connectivity index (χ1n) is 19.8. The molecule has 59 heavy (non-hydrogen) atoms. The number of aliphatic hydroxyl groups excluding tert-OH is 2. The van der Waals surface area contributed by atoms with Crippen LogP contribution in [0.3, 0.4) is 0 Å². The zero-order valence-corrected chi connectivity index (χ0v) is 35.3. The van der Waals surface area contributed by atoms with Gasteiger partial charge in [0.15, 0.2) is 5.75 Å². The number of amides is 1. The maximum absolute atomic E-state index is 14.4. The van der Waals surface area contributed by atoms with Gasteiger partial charge in [-0.2, -0.15) is 5.10 Å². The standard InChI is InChI=1S/C43H58N4O12/c1-21-12-11-13-22(2)42(55)45-33-28(20-44-47-17-15-46(9)16-18-47)37(52)30-31(38(33)53)36(51)26(6)40-32(30)41(54)43(8,59-40)57-19-14-29(56-10)23(3)39(58-27(7)48)25(5)35(50)24(4)34(21)49/h11-14,19-21,23-25,29,34-35,39,49-53H,15-18H2,1-10H3,(H,45,55)/b12-11+,19-14+,22-13+,44-20-/t21-,23-,24-,25+,29-,34+,35-,39-,43-/m0/s1. The number of ketones is 1. The summed E-state index contributed by atoms with van der Waals surface area (Å²) in [5.74, 6) is -8.34. The molecule has 1 saturated heterocycles. The smallest absolute Gasteiger partial charge is 0.312 e. The average molecular weight is 823 g/mol. The van der Waals surface area contributed by atoms with E-state index in [-0.39, 0.29) is 44.5 Å². The number of piperazine rings is 1. The third-order valence-corrected chi connectivity index (χ3v) is 11.9. The Bertz CT molecular complexity index is 2070. The van der Waals surface area contributed by atoms with Gasteiger partial charge in [-0.1, -0.05) is 45.9 Å². The Morgan fingerprint density at radius 2 is 1.61 bits per heavy atom. The molecule has 2 aromatic rings. The Morgan fingerprint density at radius 1 is 0.949 bits per heavy atom. The molecule has 9 atom stereocenters. The number of allylic oxidation sites excluding steroid dienone is 2. The van der Waals surface area contributed by atoms with Crippen LogP contribution in [0.4, 0.5) is 5.69 Å². The Labute approximate surface area is 344 Å². The van der Waals surface area contributed by atoms with Crippen molar-refractivity contribution in [2.24, 2.45) is 28.8 Å². The highest BCUT2D eigenvalue weighted by molar-refractivity contribution is 6.23. The highest BCUT2D eigenvalue weighted by Crippen LogP contribution is 2.55. The molecule has 0 spiro atoms. The van der Waals surface area contributed by atoms with Gasteiger partial charge in [0.1, 0.15) is 23.4 Å². The van der Waals surface area contributed by atoms with Crippen LogP contribution in [0.15, 0.2) is 41.2 Å². The second kappa shape index (κ2) is 18.0. The number of likely N-dealkylation sites (N-methyl/N-ethyl adjacent to an activating group) is 1. The fourth-order valence-corrected chi connectivity index (χ4v) is 7.92. The number of nitrogens with zero attached hydrogens (tertiary/aromatic N) is 3. The summed E-state index contributed by atoms with van der Waals surface area (Å²) in [5.41, 5.74) is -0.350. The number of rotatable bonds is 4. The normalized spacial score (nSPS) is 32.1. The van der Waals surface area contributed by atoms with Crippen LogP contribution in [0.1, 0.15) is 70.0 Å². The summed E-state index contributed by atoms with van der Waals surface area (Å²) in [6.07, 6.45) is 4.86. The van der Waals surface area contributed by atoms with Gasteiger partial charge in [0.25, 0.3) is 11.7 Å². The third-order valence-electron chi connectivity index (χ3n) is 11.9. The van der Waals surface area contributed by atoms with E-state index in [0.717, 1.165) is 13.1 Å². The molecule has 0 saturated carbocycles. The van der Waals surface area contributed by atoms with E-state index < -0.39 is 88.8 Å². The first-order chi connectivity index (χ1) is 27.7. The lowest BCUT2D eigenvalue weighted by Gasteiger charge is -2.38. The molecule has 4 aliphatic heterocycles. The van der Waals surface area contributed by atoms with Crippen molar-refractivity contribution in [3.05, 3.63) is 52.8 Å². The van der Waals surface area contributed by atoms with Crippen molar-refractivity contribution in [1.82, 2.24) is 9.91 Å². The van der Waals surface area contributed by atoms with E-state index in [4.69, 9.17) is 18.9 Å². The number of carbonyl (C=O) groups is 3. The highest BCUT2D eigenvalue weighted by Gasteiger charge is 2.50. The number of aromatic hydroxyl groups is 3. The molecule has 4 aliphatic rings. The Kier molecular flexibility index (Phi) is 13.7. The number of methoxy groups -OCH3 is 1. The van der Waals surface area contributed by atoms with Crippen LogP contribution in [-0.4, -0.2) is 130 Å². The van der Waals surface area contributed by atoms with E-state index >= 15 is 0 Å². The molecule has 0 radical (unpaired) electrons. The van der Waals surface area contributed by atoms with Gasteiger partial charge in [0.05, 0.1) is 53.0 Å². The van der Waals surface area contributed by atoms with E-state index in [1.807, 2.05) is 7.05 Å². The van der Waals surface area contributed by atoms with Crippen molar-refractivity contribution < 1.29 is 58.9 Å². The lowest BCUT2D eigenvalue weighted by molar-refractivity contribution is -0.160. The fraction of sp³-hybridized carbons (Fsp3) is 0.535. The molecular weight excluding hydrogens is 764 g/mol. The fourth-order valence-electron chi connectivity index (χ4n) is 7.92. The largest absolute Gasteiger partial charge is 0.507 e. The number of ether oxygens (including phenoxy) is 4. The zero-order valence-electron chi connectivity index (χ0n) is 35.3. The molecule has 6 rings (SSSR count). The predicted octanol–water partition coefficient (Wildman–Crippen LogP) is 4.34. The summed E-state index contributed by atoms with van der Waals surface area (Å²) in [6.45, 7) is 15.1. The van der Waals surface area contributed by atoms with Crippen molar-refractivity contribution in [2.75, 3.05) is 45.7 Å². The van der Waals surface area contributed by atoms with Gasteiger partial charge in [0.2, 0.25) is 0 Å². The van der Waals surface area contributed by atoms with Crippen LogP contribution >= 0.6 is 0 Å². The zero-order chi connectivity index (χ0) is 43.7. The second-order valence-corrected chi connectivity index (χ2v) is 16.1. The van der Waals surface area contributed by atoms with Crippen LogP contribution in [0.25, 0.3) is 10.8 Å². The summed E-state index contributed by atoms with van der Waals surface area (Å²) in [7, 11) is 3.42. The highest BCUT2D eigenvalue weighted by atomic mass is 16.7. The first kappa shape index (κ1) is 44.9. The number of benzene rings is 2. The van der Waals surface area contributed by atoms with Gasteiger partial charge in [-0.3, -0.25) is 19.4 Å². The van der Waals surface area contributed by atoms with Crippen molar-refractivity contribution in [3.63, 3.8) is 0 Å². The first-order valence-corrected chi connectivity index (χ1v) is 19.8. The SMILES string of the molecule is CO[C@H]1/C=C/O[C@@]2(C)Oc3c(C)c(O)c4c(O)c(c(/C=N\N5CCN(C)CC5)c(O)c4c3C2=O)NC(=O)/C(C)=C/C=C/[C@H](C)[C@@H](O)[C@H](C)[C@H](O)[C@@H](C)[C@@H](OC(C)=O)[C@H]1C. The van der Waals surface area contributed by atoms with Crippen LogP contribution in [0, 0.1) is 30.6 Å². The molecule has 16 heteroatoms. The molecule has 6 N–H and O–H groups in total. The van der Waals surface area contributed by atoms with Crippen LogP contribution < -0.4 is 10.1 Å². The molecule has 0 aromatic heterocycles. The number of hydrazone groups is 1. The minimum absolute atomic E-state index is 0.0559. The number of anilines is 1. The van der Waals surface area contributed by atoms with Gasteiger partial charge in [0, 0.05) is 87.3 Å². The van der Waals surface area contributed by atoms with Gasteiger partial charge >= 0.3 is 11.8 Å². The number of hydrogen-bond donors (Lipinski definition) is 6. The summed E-state index contributed by atoms with van der Waals surface area (Å²) in [4.78, 5) is 42.6. The number of aliphatic hydroxyl groups is 2. The maximum Gasteiger partial charge on any atom is 0.312 e. The monoisotopic (exact) mass is 822 g/mol. The van der Waals surface area contributed by atoms with Crippen molar-refractivity contribution in [3.8, 4) is 23.0 Å². The van der Waals surface area contributed by atoms with Gasteiger partial charge < -0.3 is 54.7 Å². The number of Topliss-reactive ketones (excluding diaryl/α,β-unsaturated/α-hetero) is 1. The van der Waals surface area contributed by atoms with Crippen LogP contribution in [0.5, 0.6) is 23.0 Å². The minimum atomic E-state index is -2.04. The number of fused-ring (bicyclic) bond motifs is 14. The summed E-state index contributed by atoms with van der Waals surface area (Å²) in [6, 6.07) is 0. The Balaban J connectivity index is 1.70. The number of hydrogen-bond acceptors (Lipinski definition) is 15. The number of phenolic OH excluding ortho intramolecular Hbond substituents is 3. The van der Waals surface area contributed by atoms with Gasteiger partial charge in [-0.15, -0.1) is 0 Å². The molecule has 1 amide bonds. The molecule has 0 aliphatic carbocycles. The lowest BCUT2D eigenvalue weighted by atomic mass is 9.78. The topological polar surface area (TPSA) is 220 Å². The van der Waals surface area contributed by atoms with Gasteiger partial charge in [-0.05, 0) is 27.0 Å². The molecule has 4 heterocycles. The summed E-state index contributed by atoms with van der Waals surface area (Å²) < 4.78 is 23.6. The van der Waals surface area contributed by atoms with E-state index in [0.29, 0.717) is 13.1 Å². The number of phenols is 3. The van der Waals surface area contributed by atoms with Crippen molar-refractivity contribution >= 4 is 40.3 Å². The van der Waals surface area contributed by atoms with E-state index in [1.165, 1.54) is 59.4 Å². The Hall–Kier alpha value is -5.16. The number of carbonyl (C=O) groups excluding carboxylic acids is 3. The van der Waals surface area contributed by atoms with Gasteiger partial charge in [-0.25, -0.2) is 0 Å². The lowest BCUT2D eigenvalue weighted by Crippen LogP contribution is -2.46. The average Bonchev–Trinajstić information content (AvgIpc) is 3.46. The quantitative estimate of drug-likeness (QED) is 0.109. The molecule has 1 fully saturated rings. The third kappa shape index (κ3) is 8.91. The number of esters is 1. The molecule has 2 aromatic carbocycles. The van der Waals surface area contributed by atoms with E-state index in [9.17, 15) is 39.9 Å². The second-order valence-electron chi connectivity index (χ2n) is 16.1. The van der Waals surface area contributed by atoms with Crippen LogP contribution in [-0.2, 0) is 23.8 Å². The van der Waals surface area contributed by atoms with E-state index in [2.05, 4.69) is 15.3 Å². The molecule has 16 nitrogen and oxygen atoms in total. The molecule has 322 valence electrons. The Morgan fingerprint density at radius 3 is 2.24 bits per heavy atom. The van der Waals surface area contributed by atoms with Crippen molar-refractivity contribution in [1.29, 1.82) is 0 Å². The van der Waals surface area contributed by atoms with E-state index in [1.54, 1.807) is 44.9 Å². The van der Waals surface area contributed by atoms with Crippen molar-refractivity contribution in [2.45, 2.75) is 85.6 Å². The summed E-state index contributed by atoms with van der Waals surface area (Å²) >= 11 is 0. The predicted molar refractivity (Wildman–Crippen MR) is 220 cm³/mol. The molecule has 5 bridgehead atoms. The summed E-state index contributed by atoms with van der Waals surface area (Å²) in [5, 5.41) is 66.8. The molecular formula is C43H58N4O12. The van der Waals surface area contributed by atoms with Crippen LogP contribution in [0.2, 0.25) is 0 Å². The molecule has 0 unspecified atom stereocenters. The maximum atomic E-state index is 14.4. The minimum Gasteiger partial charge on any atom is -0.507 e. The number of nitrogens with one attached hydrogen (secondary N) is 1.